The summed E-state index contributed by atoms with van der Waals surface area (Å²) < 4.78 is 5.22. The van der Waals surface area contributed by atoms with Crippen LogP contribution >= 0.6 is 11.6 Å². The Morgan fingerprint density at radius 1 is 1.05 bits per heavy atom. The molecule has 0 aromatic heterocycles. The number of rotatable bonds is 6. The smallest absolute Gasteiger partial charge is 0.119 e. The van der Waals surface area contributed by atoms with Gasteiger partial charge in [-0.3, -0.25) is 0 Å². The summed E-state index contributed by atoms with van der Waals surface area (Å²) in [6, 6.07) is 15.8. The van der Waals surface area contributed by atoms with Crippen LogP contribution in [-0.2, 0) is 12.8 Å². The molecule has 0 aliphatic carbocycles. The maximum Gasteiger partial charge on any atom is 0.119 e. The van der Waals surface area contributed by atoms with Crippen LogP contribution in [0.2, 0.25) is 5.02 Å². The van der Waals surface area contributed by atoms with E-state index in [0.717, 1.165) is 29.2 Å². The van der Waals surface area contributed by atoms with E-state index in [-0.39, 0.29) is 12.5 Å². The third-order valence-corrected chi connectivity index (χ3v) is 3.57. The van der Waals surface area contributed by atoms with E-state index in [0.29, 0.717) is 0 Å². The molecule has 0 spiro atoms. The highest BCUT2D eigenvalue weighted by molar-refractivity contribution is 6.30. The first-order valence-electron chi connectivity index (χ1n) is 6.69. The van der Waals surface area contributed by atoms with Gasteiger partial charge in [-0.15, -0.1) is 0 Å². The van der Waals surface area contributed by atoms with Gasteiger partial charge in [0.2, 0.25) is 0 Å². The SMILES string of the molecule is COc1cccc(CC(CO)Cc2cccc(Cl)c2)c1. The quantitative estimate of drug-likeness (QED) is 0.878. The Labute approximate surface area is 125 Å². The summed E-state index contributed by atoms with van der Waals surface area (Å²) in [5.74, 6) is 1.03. The van der Waals surface area contributed by atoms with Crippen molar-refractivity contribution in [1.29, 1.82) is 0 Å². The number of aliphatic hydroxyl groups excluding tert-OH is 1. The number of benzene rings is 2. The molecule has 2 nitrogen and oxygen atoms in total. The van der Waals surface area contributed by atoms with Crippen LogP contribution in [0, 0.1) is 5.92 Å². The highest BCUT2D eigenvalue weighted by Crippen LogP contribution is 2.20. The van der Waals surface area contributed by atoms with Crippen LogP contribution in [0.25, 0.3) is 0 Å². The van der Waals surface area contributed by atoms with E-state index in [1.807, 2.05) is 42.5 Å². The number of halogens is 1. The summed E-state index contributed by atoms with van der Waals surface area (Å²) in [7, 11) is 1.66. The molecule has 3 heteroatoms. The molecular formula is C17H19ClO2. The fourth-order valence-corrected chi connectivity index (χ4v) is 2.54. The Morgan fingerprint density at radius 3 is 2.30 bits per heavy atom. The first kappa shape index (κ1) is 14.9. The molecule has 0 saturated carbocycles. The molecule has 0 saturated heterocycles. The van der Waals surface area contributed by atoms with E-state index in [9.17, 15) is 5.11 Å². The summed E-state index contributed by atoms with van der Waals surface area (Å²) in [6.45, 7) is 0.156. The highest BCUT2D eigenvalue weighted by atomic mass is 35.5. The van der Waals surface area contributed by atoms with Gasteiger partial charge in [0.05, 0.1) is 7.11 Å². The predicted molar refractivity (Wildman–Crippen MR) is 82.4 cm³/mol. The fraction of sp³-hybridized carbons (Fsp3) is 0.294. The van der Waals surface area contributed by atoms with Crippen molar-refractivity contribution in [3.05, 3.63) is 64.7 Å². The molecule has 2 aromatic carbocycles. The third kappa shape index (κ3) is 4.26. The van der Waals surface area contributed by atoms with Crippen molar-refractivity contribution in [2.75, 3.05) is 13.7 Å². The van der Waals surface area contributed by atoms with Gasteiger partial charge in [-0.05, 0) is 54.2 Å². The average Bonchev–Trinajstić information content (AvgIpc) is 2.47. The molecule has 1 unspecified atom stereocenters. The van der Waals surface area contributed by atoms with Gasteiger partial charge in [0.15, 0.2) is 0 Å². The van der Waals surface area contributed by atoms with Gasteiger partial charge in [-0.25, -0.2) is 0 Å². The van der Waals surface area contributed by atoms with E-state index in [1.54, 1.807) is 7.11 Å². The molecule has 0 heterocycles. The highest BCUT2D eigenvalue weighted by Gasteiger charge is 2.10. The molecule has 0 bridgehead atoms. The summed E-state index contributed by atoms with van der Waals surface area (Å²) in [6.07, 6.45) is 1.63. The average molecular weight is 291 g/mol. The second-order valence-corrected chi connectivity index (χ2v) is 5.37. The van der Waals surface area contributed by atoms with Crippen molar-refractivity contribution in [3.8, 4) is 5.75 Å². The molecule has 1 atom stereocenters. The number of ether oxygens (including phenoxy) is 1. The van der Waals surface area contributed by atoms with Gasteiger partial charge < -0.3 is 9.84 Å². The van der Waals surface area contributed by atoms with Crippen LogP contribution in [0.3, 0.4) is 0 Å². The van der Waals surface area contributed by atoms with E-state index >= 15 is 0 Å². The van der Waals surface area contributed by atoms with Crippen LogP contribution in [0.5, 0.6) is 5.75 Å². The molecule has 0 radical (unpaired) electrons. The monoisotopic (exact) mass is 290 g/mol. The first-order valence-corrected chi connectivity index (χ1v) is 7.07. The molecule has 2 aromatic rings. The van der Waals surface area contributed by atoms with Crippen molar-refractivity contribution >= 4 is 11.6 Å². The van der Waals surface area contributed by atoms with Gasteiger partial charge >= 0.3 is 0 Å². The van der Waals surface area contributed by atoms with Crippen LogP contribution in [0.4, 0.5) is 0 Å². The summed E-state index contributed by atoms with van der Waals surface area (Å²) in [5.41, 5.74) is 2.32. The normalized spacial score (nSPS) is 12.2. The number of methoxy groups -OCH3 is 1. The maximum atomic E-state index is 9.58. The minimum Gasteiger partial charge on any atom is -0.497 e. The lowest BCUT2D eigenvalue weighted by atomic mass is 9.93. The zero-order valence-electron chi connectivity index (χ0n) is 11.6. The van der Waals surface area contributed by atoms with Gasteiger partial charge in [-0.2, -0.15) is 0 Å². The molecule has 20 heavy (non-hydrogen) atoms. The van der Waals surface area contributed by atoms with E-state index in [4.69, 9.17) is 16.3 Å². The topological polar surface area (TPSA) is 29.5 Å². The molecule has 2 rings (SSSR count). The Balaban J connectivity index is 2.05. The van der Waals surface area contributed by atoms with E-state index in [1.165, 1.54) is 5.56 Å². The van der Waals surface area contributed by atoms with Crippen LogP contribution in [0.1, 0.15) is 11.1 Å². The maximum absolute atomic E-state index is 9.58. The van der Waals surface area contributed by atoms with Gasteiger partial charge in [0.1, 0.15) is 5.75 Å². The lowest BCUT2D eigenvalue weighted by Gasteiger charge is -2.15. The molecule has 106 valence electrons. The van der Waals surface area contributed by atoms with Gasteiger partial charge in [-0.1, -0.05) is 35.9 Å². The standard InChI is InChI=1S/C17H19ClO2/c1-20-17-7-3-5-14(11-17)9-15(12-19)8-13-4-2-6-16(18)10-13/h2-7,10-11,15,19H,8-9,12H2,1H3. The Kier molecular flexibility index (Phi) is 5.45. The Hall–Kier alpha value is -1.51. The summed E-state index contributed by atoms with van der Waals surface area (Å²) >= 11 is 5.99. The lowest BCUT2D eigenvalue weighted by Crippen LogP contribution is -2.13. The Morgan fingerprint density at radius 2 is 1.70 bits per heavy atom. The van der Waals surface area contributed by atoms with Gasteiger partial charge in [0.25, 0.3) is 0 Å². The second kappa shape index (κ2) is 7.32. The molecule has 0 aliphatic heterocycles. The Bertz CT molecular complexity index is 554. The number of aliphatic hydroxyl groups is 1. The lowest BCUT2D eigenvalue weighted by molar-refractivity contribution is 0.225. The van der Waals surface area contributed by atoms with Crippen molar-refractivity contribution in [3.63, 3.8) is 0 Å². The first-order chi connectivity index (χ1) is 9.71. The second-order valence-electron chi connectivity index (χ2n) is 4.94. The van der Waals surface area contributed by atoms with E-state index < -0.39 is 0 Å². The zero-order valence-corrected chi connectivity index (χ0v) is 12.3. The van der Waals surface area contributed by atoms with Crippen molar-refractivity contribution in [2.24, 2.45) is 5.92 Å². The molecule has 0 aliphatic rings. The third-order valence-electron chi connectivity index (χ3n) is 3.33. The largest absolute Gasteiger partial charge is 0.497 e. The van der Waals surface area contributed by atoms with Crippen molar-refractivity contribution in [1.82, 2.24) is 0 Å². The van der Waals surface area contributed by atoms with Crippen molar-refractivity contribution in [2.45, 2.75) is 12.8 Å². The molecule has 0 amide bonds. The van der Waals surface area contributed by atoms with Gasteiger partial charge in [0, 0.05) is 11.6 Å². The van der Waals surface area contributed by atoms with E-state index in [2.05, 4.69) is 6.07 Å². The minimum atomic E-state index is 0.156. The summed E-state index contributed by atoms with van der Waals surface area (Å²) in [5, 5.41) is 10.3. The number of hydrogen-bond acceptors (Lipinski definition) is 2. The molecule has 0 fully saturated rings. The molecular weight excluding hydrogens is 272 g/mol. The fourth-order valence-electron chi connectivity index (χ4n) is 2.33. The minimum absolute atomic E-state index is 0.156. The van der Waals surface area contributed by atoms with Crippen LogP contribution < -0.4 is 4.74 Å². The van der Waals surface area contributed by atoms with Crippen LogP contribution in [-0.4, -0.2) is 18.8 Å². The number of hydrogen-bond donors (Lipinski definition) is 1. The predicted octanol–water partition coefficient (Wildman–Crippen LogP) is 3.74. The van der Waals surface area contributed by atoms with Crippen molar-refractivity contribution < 1.29 is 9.84 Å². The summed E-state index contributed by atoms with van der Waals surface area (Å²) in [4.78, 5) is 0. The zero-order chi connectivity index (χ0) is 14.4. The van der Waals surface area contributed by atoms with Crippen LogP contribution in [0.15, 0.2) is 48.5 Å². The molecule has 1 N–H and O–H groups in total.